The van der Waals surface area contributed by atoms with Crippen LogP contribution in [0.25, 0.3) is 0 Å². The fourth-order valence-corrected chi connectivity index (χ4v) is 2.51. The Balaban J connectivity index is 2.18. The quantitative estimate of drug-likeness (QED) is 0.906. The lowest BCUT2D eigenvalue weighted by atomic mass is 10.0. The van der Waals surface area contributed by atoms with Crippen LogP contribution in [0.15, 0.2) is 30.0 Å². The molecule has 1 unspecified atom stereocenters. The molecule has 2 rings (SSSR count). The van der Waals surface area contributed by atoms with Gasteiger partial charge in [0, 0.05) is 16.5 Å². The molecule has 92 valence electrons. The highest BCUT2D eigenvalue weighted by atomic mass is 35.5. The van der Waals surface area contributed by atoms with Crippen molar-refractivity contribution in [1.29, 1.82) is 0 Å². The summed E-state index contributed by atoms with van der Waals surface area (Å²) in [6, 6.07) is 5.71. The van der Waals surface area contributed by atoms with Crippen LogP contribution in [-0.2, 0) is 11.2 Å². The highest BCUT2D eigenvalue weighted by molar-refractivity contribution is 6.36. The Morgan fingerprint density at radius 3 is 2.59 bits per heavy atom. The number of hydrogen-bond donors (Lipinski definition) is 1. The molecule has 0 saturated carbocycles. The molecular formula is C13H15Cl2NO. The molecule has 0 saturated heterocycles. The van der Waals surface area contributed by atoms with Crippen LogP contribution in [0.5, 0.6) is 0 Å². The van der Waals surface area contributed by atoms with E-state index in [1.54, 1.807) is 0 Å². The van der Waals surface area contributed by atoms with Gasteiger partial charge in [-0.05, 0) is 37.2 Å². The van der Waals surface area contributed by atoms with Gasteiger partial charge in [-0.25, -0.2) is 0 Å². The van der Waals surface area contributed by atoms with Crippen molar-refractivity contribution in [2.24, 2.45) is 0 Å². The molecule has 0 fully saturated rings. The Kier molecular flexibility index (Phi) is 4.32. The van der Waals surface area contributed by atoms with Gasteiger partial charge in [0.25, 0.3) is 0 Å². The summed E-state index contributed by atoms with van der Waals surface area (Å²) in [4.78, 5) is 0. The van der Waals surface area contributed by atoms with E-state index in [-0.39, 0.29) is 6.04 Å². The van der Waals surface area contributed by atoms with Crippen molar-refractivity contribution in [2.45, 2.75) is 18.9 Å². The van der Waals surface area contributed by atoms with Gasteiger partial charge < -0.3 is 10.1 Å². The van der Waals surface area contributed by atoms with E-state index in [2.05, 4.69) is 11.4 Å². The topological polar surface area (TPSA) is 21.3 Å². The van der Waals surface area contributed by atoms with Gasteiger partial charge in [-0.2, -0.15) is 0 Å². The first-order valence-corrected chi connectivity index (χ1v) is 6.41. The minimum Gasteiger partial charge on any atom is -0.496 e. The lowest BCUT2D eigenvalue weighted by Crippen LogP contribution is -2.30. The first-order valence-electron chi connectivity index (χ1n) is 5.65. The molecule has 1 heterocycles. The molecule has 1 N–H and O–H groups in total. The summed E-state index contributed by atoms with van der Waals surface area (Å²) in [5.74, 6) is 0.989. The van der Waals surface area contributed by atoms with Crippen molar-refractivity contribution in [3.05, 3.63) is 45.6 Å². The number of rotatable bonds is 4. The third-order valence-electron chi connectivity index (χ3n) is 2.89. The Morgan fingerprint density at radius 2 is 2.06 bits per heavy atom. The van der Waals surface area contributed by atoms with E-state index in [1.165, 1.54) is 0 Å². The number of nitrogens with one attached hydrogen (secondary N) is 1. The predicted molar refractivity (Wildman–Crippen MR) is 71.7 cm³/mol. The summed E-state index contributed by atoms with van der Waals surface area (Å²) in [6.07, 6.45) is 3.83. The molecule has 1 aromatic carbocycles. The smallest absolute Gasteiger partial charge is 0.109 e. The van der Waals surface area contributed by atoms with E-state index in [4.69, 9.17) is 27.9 Å². The van der Waals surface area contributed by atoms with Gasteiger partial charge in [-0.15, -0.1) is 0 Å². The molecule has 0 bridgehead atoms. The average Bonchev–Trinajstić information content (AvgIpc) is 2.82. The van der Waals surface area contributed by atoms with Gasteiger partial charge in [0.2, 0.25) is 0 Å². The summed E-state index contributed by atoms with van der Waals surface area (Å²) < 4.78 is 5.57. The molecule has 0 radical (unpaired) electrons. The van der Waals surface area contributed by atoms with Crippen molar-refractivity contribution >= 4 is 23.2 Å². The highest BCUT2D eigenvalue weighted by Crippen LogP contribution is 2.27. The summed E-state index contributed by atoms with van der Waals surface area (Å²) in [7, 11) is 1.91. The minimum absolute atomic E-state index is 0.134. The van der Waals surface area contributed by atoms with Crippen LogP contribution < -0.4 is 5.32 Å². The molecule has 17 heavy (non-hydrogen) atoms. The molecule has 1 atom stereocenters. The second-order valence-corrected chi connectivity index (χ2v) is 4.80. The van der Waals surface area contributed by atoms with Gasteiger partial charge in [-0.1, -0.05) is 29.3 Å². The van der Waals surface area contributed by atoms with Crippen molar-refractivity contribution in [2.75, 3.05) is 13.7 Å². The third-order valence-corrected chi connectivity index (χ3v) is 3.60. The number of benzene rings is 1. The van der Waals surface area contributed by atoms with Crippen molar-refractivity contribution in [1.82, 2.24) is 5.32 Å². The zero-order valence-electron chi connectivity index (χ0n) is 9.67. The maximum atomic E-state index is 6.16. The minimum atomic E-state index is 0.134. The summed E-state index contributed by atoms with van der Waals surface area (Å²) in [5, 5.41) is 4.65. The first-order chi connectivity index (χ1) is 8.22. The average molecular weight is 272 g/mol. The van der Waals surface area contributed by atoms with Crippen LogP contribution in [0, 0.1) is 0 Å². The fourth-order valence-electron chi connectivity index (χ4n) is 1.96. The number of halogens is 2. The molecule has 4 heteroatoms. The first kappa shape index (κ1) is 12.7. The van der Waals surface area contributed by atoms with Crippen LogP contribution in [0.1, 0.15) is 12.0 Å². The second kappa shape index (κ2) is 5.76. The maximum Gasteiger partial charge on any atom is 0.109 e. The van der Waals surface area contributed by atoms with Gasteiger partial charge in [-0.3, -0.25) is 0 Å². The van der Waals surface area contributed by atoms with Gasteiger partial charge >= 0.3 is 0 Å². The number of ether oxygens (including phenoxy) is 1. The van der Waals surface area contributed by atoms with Gasteiger partial charge in [0.05, 0.1) is 12.6 Å². The normalized spacial score (nSPS) is 16.5. The van der Waals surface area contributed by atoms with Crippen LogP contribution in [0.3, 0.4) is 0 Å². The highest BCUT2D eigenvalue weighted by Gasteiger charge is 2.19. The molecular weight excluding hydrogens is 257 g/mol. The predicted octanol–water partition coefficient (Wildman–Crippen LogP) is 3.43. The molecule has 0 aromatic heterocycles. The van der Waals surface area contributed by atoms with E-state index >= 15 is 0 Å². The molecule has 1 aromatic rings. The second-order valence-electron chi connectivity index (χ2n) is 3.99. The van der Waals surface area contributed by atoms with Gasteiger partial charge in [0.1, 0.15) is 5.76 Å². The standard InChI is InChI=1S/C13H15Cl2NO/c1-16-12(13-6-3-7-17-13)8-9-10(14)4-2-5-11(9)15/h2,4-6,12,16H,3,7-8H2,1H3. The molecule has 1 aliphatic rings. The van der Waals surface area contributed by atoms with Crippen LogP contribution in [-0.4, -0.2) is 19.7 Å². The Morgan fingerprint density at radius 1 is 1.35 bits per heavy atom. The third kappa shape index (κ3) is 2.95. The van der Waals surface area contributed by atoms with Crippen molar-refractivity contribution in [3.8, 4) is 0 Å². The zero-order valence-corrected chi connectivity index (χ0v) is 11.2. The van der Waals surface area contributed by atoms with E-state index in [0.29, 0.717) is 10.0 Å². The molecule has 0 spiro atoms. The van der Waals surface area contributed by atoms with Crippen LogP contribution in [0.2, 0.25) is 10.0 Å². The lowest BCUT2D eigenvalue weighted by molar-refractivity contribution is 0.217. The van der Waals surface area contributed by atoms with E-state index < -0.39 is 0 Å². The number of likely N-dealkylation sites (N-methyl/N-ethyl adjacent to an activating group) is 1. The van der Waals surface area contributed by atoms with Gasteiger partial charge in [0.15, 0.2) is 0 Å². The zero-order chi connectivity index (χ0) is 12.3. The molecule has 0 aliphatic carbocycles. The van der Waals surface area contributed by atoms with E-state index in [1.807, 2.05) is 25.2 Å². The van der Waals surface area contributed by atoms with Crippen molar-refractivity contribution in [3.63, 3.8) is 0 Å². The fraction of sp³-hybridized carbons (Fsp3) is 0.385. The lowest BCUT2D eigenvalue weighted by Gasteiger charge is -2.18. The molecule has 0 amide bonds. The van der Waals surface area contributed by atoms with Crippen LogP contribution >= 0.6 is 23.2 Å². The Bertz CT molecular complexity index is 411. The summed E-state index contributed by atoms with van der Waals surface area (Å²) >= 11 is 12.3. The summed E-state index contributed by atoms with van der Waals surface area (Å²) in [6.45, 7) is 0.768. The monoisotopic (exact) mass is 271 g/mol. The van der Waals surface area contributed by atoms with E-state index in [0.717, 1.165) is 30.8 Å². The maximum absolute atomic E-state index is 6.16. The Hall–Kier alpha value is -0.700. The molecule has 2 nitrogen and oxygen atoms in total. The largest absolute Gasteiger partial charge is 0.496 e. The SMILES string of the molecule is CNC(Cc1c(Cl)cccc1Cl)C1=CCCO1. The van der Waals surface area contributed by atoms with Crippen molar-refractivity contribution < 1.29 is 4.74 Å². The van der Waals surface area contributed by atoms with Crippen LogP contribution in [0.4, 0.5) is 0 Å². The van der Waals surface area contributed by atoms with E-state index in [9.17, 15) is 0 Å². The Labute approximate surface area is 112 Å². The molecule has 1 aliphatic heterocycles. The summed E-state index contributed by atoms with van der Waals surface area (Å²) in [5.41, 5.74) is 0.964. The number of hydrogen-bond acceptors (Lipinski definition) is 2.